The highest BCUT2D eigenvalue weighted by Crippen LogP contribution is 2.33. The average molecular weight is 308 g/mol. The summed E-state index contributed by atoms with van der Waals surface area (Å²) in [5, 5.41) is 1.73. The summed E-state index contributed by atoms with van der Waals surface area (Å²) >= 11 is 2.80. The normalized spacial score (nSPS) is 23.2. The number of nitrogens with one attached hydrogen (secondary N) is 1. The minimum atomic E-state index is -0.659. The van der Waals surface area contributed by atoms with E-state index in [1.165, 1.54) is 28.0 Å². The first-order valence-corrected chi connectivity index (χ1v) is 7.61. The van der Waals surface area contributed by atoms with Crippen molar-refractivity contribution in [2.24, 2.45) is 5.73 Å². The summed E-state index contributed by atoms with van der Waals surface area (Å²) in [6.45, 7) is 0. The van der Waals surface area contributed by atoms with E-state index in [9.17, 15) is 9.59 Å². The van der Waals surface area contributed by atoms with E-state index in [1.807, 2.05) is 24.3 Å². The first-order chi connectivity index (χ1) is 9.56. The molecular weight excluding hydrogens is 296 g/mol. The molecule has 2 heterocycles. The second kappa shape index (κ2) is 5.04. The largest absolute Gasteiger partial charge is 0.325 e. The molecule has 0 aliphatic carbocycles. The van der Waals surface area contributed by atoms with Gasteiger partial charge in [-0.3, -0.25) is 10.1 Å². The monoisotopic (exact) mass is 308 g/mol. The number of amides is 3. The van der Waals surface area contributed by atoms with E-state index >= 15 is 0 Å². The standard InChI is InChI=1S/C12H12N4O2S2/c1-16-9(13)8(10(17)15-11(16)18)20-12-14-6-4-2-3-5-7(6)19-12/h2-5,8-9H,13H2,1H3,(H,15,17,18). The summed E-state index contributed by atoms with van der Waals surface area (Å²) in [6.07, 6.45) is -0.659. The summed E-state index contributed by atoms with van der Waals surface area (Å²) in [4.78, 5) is 29.1. The number of carbonyl (C=O) groups is 2. The third-order valence-corrected chi connectivity index (χ3v) is 5.48. The van der Waals surface area contributed by atoms with Crippen LogP contribution in [0.5, 0.6) is 0 Å². The molecule has 1 saturated heterocycles. The molecule has 1 aliphatic heterocycles. The fourth-order valence-corrected chi connectivity index (χ4v) is 4.22. The van der Waals surface area contributed by atoms with Gasteiger partial charge in [-0.05, 0) is 12.1 Å². The molecule has 8 heteroatoms. The van der Waals surface area contributed by atoms with Crippen molar-refractivity contribution in [2.75, 3.05) is 7.05 Å². The lowest BCUT2D eigenvalue weighted by Gasteiger charge is -2.34. The van der Waals surface area contributed by atoms with Crippen LogP contribution in [0.2, 0.25) is 0 Å². The Morgan fingerprint density at radius 2 is 2.15 bits per heavy atom. The van der Waals surface area contributed by atoms with Crippen LogP contribution in [0.25, 0.3) is 10.2 Å². The zero-order valence-corrected chi connectivity index (χ0v) is 12.2. The lowest BCUT2D eigenvalue weighted by Crippen LogP contribution is -2.63. The lowest BCUT2D eigenvalue weighted by atomic mass is 10.2. The molecule has 1 aliphatic rings. The molecule has 1 aromatic heterocycles. The quantitative estimate of drug-likeness (QED) is 0.871. The van der Waals surface area contributed by atoms with Crippen LogP contribution in [-0.4, -0.2) is 40.3 Å². The van der Waals surface area contributed by atoms with Crippen LogP contribution in [-0.2, 0) is 4.79 Å². The Morgan fingerprint density at radius 3 is 2.90 bits per heavy atom. The van der Waals surface area contributed by atoms with E-state index in [0.717, 1.165) is 14.6 Å². The van der Waals surface area contributed by atoms with Crippen LogP contribution in [0.3, 0.4) is 0 Å². The van der Waals surface area contributed by atoms with Crippen molar-refractivity contribution in [3.8, 4) is 0 Å². The fourth-order valence-electron chi connectivity index (χ4n) is 1.89. The number of thiazole rings is 1. The molecule has 104 valence electrons. The number of fused-ring (bicyclic) bond motifs is 1. The lowest BCUT2D eigenvalue weighted by molar-refractivity contribution is -0.121. The second-order valence-electron chi connectivity index (χ2n) is 4.38. The van der Waals surface area contributed by atoms with Crippen molar-refractivity contribution in [3.05, 3.63) is 24.3 Å². The van der Waals surface area contributed by atoms with Gasteiger partial charge in [0.15, 0.2) is 4.34 Å². The zero-order chi connectivity index (χ0) is 14.3. The van der Waals surface area contributed by atoms with E-state index in [-0.39, 0.29) is 5.91 Å². The number of hydrogen-bond donors (Lipinski definition) is 2. The molecule has 3 amide bonds. The Bertz CT molecular complexity index is 654. The van der Waals surface area contributed by atoms with Crippen LogP contribution in [0.15, 0.2) is 28.6 Å². The minimum Gasteiger partial charge on any atom is -0.311 e. The molecule has 0 spiro atoms. The molecule has 3 N–H and O–H groups in total. The van der Waals surface area contributed by atoms with Crippen LogP contribution < -0.4 is 11.1 Å². The van der Waals surface area contributed by atoms with Crippen molar-refractivity contribution in [1.29, 1.82) is 0 Å². The Kier molecular flexibility index (Phi) is 3.36. The predicted molar refractivity (Wildman–Crippen MR) is 78.5 cm³/mol. The zero-order valence-electron chi connectivity index (χ0n) is 10.6. The number of nitrogens with zero attached hydrogens (tertiary/aromatic N) is 2. The average Bonchev–Trinajstić information content (AvgIpc) is 2.83. The molecular formula is C12H12N4O2S2. The molecule has 2 aromatic rings. The van der Waals surface area contributed by atoms with Crippen LogP contribution in [0.4, 0.5) is 4.79 Å². The van der Waals surface area contributed by atoms with Crippen molar-refractivity contribution < 1.29 is 9.59 Å². The number of aromatic nitrogens is 1. The van der Waals surface area contributed by atoms with E-state index < -0.39 is 17.4 Å². The number of carbonyl (C=O) groups excluding carboxylic acids is 2. The maximum absolute atomic E-state index is 11.9. The van der Waals surface area contributed by atoms with Gasteiger partial charge in [0.1, 0.15) is 11.4 Å². The van der Waals surface area contributed by atoms with Gasteiger partial charge in [0, 0.05) is 7.05 Å². The summed E-state index contributed by atoms with van der Waals surface area (Å²) in [7, 11) is 1.57. The van der Waals surface area contributed by atoms with E-state index in [2.05, 4.69) is 10.3 Å². The maximum Gasteiger partial charge on any atom is 0.325 e. The highest BCUT2D eigenvalue weighted by atomic mass is 32.2. The first-order valence-electron chi connectivity index (χ1n) is 5.92. The number of hydrogen-bond acceptors (Lipinski definition) is 6. The van der Waals surface area contributed by atoms with Gasteiger partial charge in [0.05, 0.1) is 10.2 Å². The molecule has 0 radical (unpaired) electrons. The number of para-hydroxylation sites is 1. The maximum atomic E-state index is 11.9. The first kappa shape index (κ1) is 13.3. The summed E-state index contributed by atoms with van der Waals surface area (Å²) in [5.74, 6) is -0.371. The Hall–Kier alpha value is -1.64. The molecule has 1 aromatic carbocycles. The number of thioether (sulfide) groups is 1. The van der Waals surface area contributed by atoms with Crippen molar-refractivity contribution in [2.45, 2.75) is 15.8 Å². The highest BCUT2D eigenvalue weighted by molar-refractivity contribution is 8.02. The Balaban J connectivity index is 1.86. The van der Waals surface area contributed by atoms with Gasteiger partial charge < -0.3 is 10.6 Å². The van der Waals surface area contributed by atoms with Gasteiger partial charge >= 0.3 is 6.03 Å². The number of urea groups is 1. The SMILES string of the molecule is CN1C(=O)NC(=O)C(Sc2nc3ccccc3s2)C1N. The van der Waals surface area contributed by atoms with Gasteiger partial charge in [-0.25, -0.2) is 9.78 Å². The Morgan fingerprint density at radius 1 is 1.40 bits per heavy atom. The van der Waals surface area contributed by atoms with Gasteiger partial charge in [-0.1, -0.05) is 23.9 Å². The van der Waals surface area contributed by atoms with Crippen molar-refractivity contribution in [1.82, 2.24) is 15.2 Å². The number of nitrogens with two attached hydrogens (primary N) is 1. The molecule has 2 atom stereocenters. The van der Waals surface area contributed by atoms with Gasteiger partial charge in [-0.2, -0.15) is 0 Å². The summed E-state index contributed by atoms with van der Waals surface area (Å²) in [5.41, 5.74) is 6.84. The van der Waals surface area contributed by atoms with Crippen LogP contribution >= 0.6 is 23.1 Å². The molecule has 3 rings (SSSR count). The fraction of sp³-hybridized carbons (Fsp3) is 0.250. The topological polar surface area (TPSA) is 88.3 Å². The number of rotatable bonds is 2. The number of imide groups is 1. The van der Waals surface area contributed by atoms with Gasteiger partial charge in [-0.15, -0.1) is 11.3 Å². The molecule has 1 fully saturated rings. The summed E-state index contributed by atoms with van der Waals surface area (Å²) < 4.78 is 1.83. The predicted octanol–water partition coefficient (Wildman–Crippen LogP) is 1.22. The van der Waals surface area contributed by atoms with Crippen molar-refractivity contribution in [3.63, 3.8) is 0 Å². The van der Waals surface area contributed by atoms with Crippen LogP contribution in [0, 0.1) is 0 Å². The van der Waals surface area contributed by atoms with E-state index in [0.29, 0.717) is 0 Å². The third kappa shape index (κ3) is 2.26. The summed E-state index contributed by atoms with van der Waals surface area (Å²) in [6, 6.07) is 7.30. The van der Waals surface area contributed by atoms with E-state index in [1.54, 1.807) is 7.05 Å². The Labute approximate surface area is 123 Å². The van der Waals surface area contributed by atoms with Crippen LogP contribution in [0.1, 0.15) is 0 Å². The third-order valence-electron chi connectivity index (χ3n) is 3.07. The smallest absolute Gasteiger partial charge is 0.311 e. The minimum absolute atomic E-state index is 0.371. The highest BCUT2D eigenvalue weighted by Gasteiger charge is 2.38. The van der Waals surface area contributed by atoms with Gasteiger partial charge in [0.2, 0.25) is 5.91 Å². The van der Waals surface area contributed by atoms with E-state index in [4.69, 9.17) is 5.73 Å². The molecule has 20 heavy (non-hydrogen) atoms. The van der Waals surface area contributed by atoms with Gasteiger partial charge in [0.25, 0.3) is 0 Å². The molecule has 6 nitrogen and oxygen atoms in total. The molecule has 0 bridgehead atoms. The molecule has 2 unspecified atom stereocenters. The number of benzene rings is 1. The van der Waals surface area contributed by atoms with Crippen molar-refractivity contribution >= 4 is 45.3 Å². The second-order valence-corrected chi connectivity index (χ2v) is 6.80. The molecule has 0 saturated carbocycles.